The van der Waals surface area contributed by atoms with Gasteiger partial charge in [0.25, 0.3) is 5.91 Å². The maximum Gasteiger partial charge on any atom is 0.253 e. The van der Waals surface area contributed by atoms with Gasteiger partial charge in [-0.3, -0.25) is 9.78 Å². The summed E-state index contributed by atoms with van der Waals surface area (Å²) in [6, 6.07) is 17.1. The van der Waals surface area contributed by atoms with Crippen LogP contribution in [-0.4, -0.2) is 45.2 Å². The van der Waals surface area contributed by atoms with E-state index in [2.05, 4.69) is 20.4 Å². The van der Waals surface area contributed by atoms with Gasteiger partial charge < -0.3 is 19.3 Å². The van der Waals surface area contributed by atoms with Crippen molar-refractivity contribution in [3.63, 3.8) is 0 Å². The predicted octanol–water partition coefficient (Wildman–Crippen LogP) is 3.35. The first kappa shape index (κ1) is 19.7. The van der Waals surface area contributed by atoms with Gasteiger partial charge in [-0.05, 0) is 36.4 Å². The van der Waals surface area contributed by atoms with E-state index >= 15 is 0 Å². The van der Waals surface area contributed by atoms with E-state index in [1.807, 2.05) is 42.5 Å². The number of aromatic nitrogens is 3. The van der Waals surface area contributed by atoms with Crippen LogP contribution < -0.4 is 10.1 Å². The first-order valence-corrected chi connectivity index (χ1v) is 10.3. The molecule has 0 bridgehead atoms. The highest BCUT2D eigenvalue weighted by Gasteiger charge is 2.23. The monoisotopic (exact) mass is 427 g/mol. The maximum absolute atomic E-state index is 12.5. The van der Waals surface area contributed by atoms with E-state index in [1.165, 1.54) is 0 Å². The van der Waals surface area contributed by atoms with Gasteiger partial charge in [0.1, 0.15) is 18.0 Å². The highest BCUT2D eigenvalue weighted by Crippen LogP contribution is 2.28. The minimum Gasteiger partial charge on any atom is -0.489 e. The highest BCUT2D eigenvalue weighted by molar-refractivity contribution is 5.98. The van der Waals surface area contributed by atoms with E-state index in [-0.39, 0.29) is 12.0 Å². The molecule has 5 rings (SSSR count). The third-order valence-electron chi connectivity index (χ3n) is 5.15. The Morgan fingerprint density at radius 1 is 1.09 bits per heavy atom. The molecule has 0 aliphatic carbocycles. The number of nitrogens with one attached hydrogen (secondary N) is 1. The van der Waals surface area contributed by atoms with Crippen LogP contribution in [0.2, 0.25) is 0 Å². The Kier molecular flexibility index (Phi) is 5.48. The van der Waals surface area contributed by atoms with E-state index in [0.29, 0.717) is 25.1 Å². The quantitative estimate of drug-likeness (QED) is 0.489. The summed E-state index contributed by atoms with van der Waals surface area (Å²) in [5.74, 6) is 0.568. The van der Waals surface area contributed by atoms with Crippen molar-refractivity contribution in [3.8, 4) is 17.0 Å². The SMILES string of the molecule is O=C(NCC1=NOC(COc2ccccc2-c2ccccn2)C1)c1ccc2nccn2c1. The summed E-state index contributed by atoms with van der Waals surface area (Å²) >= 11 is 0. The van der Waals surface area contributed by atoms with Crippen LogP contribution in [-0.2, 0) is 4.84 Å². The number of carbonyl (C=O) groups is 1. The summed E-state index contributed by atoms with van der Waals surface area (Å²) < 4.78 is 7.82. The molecule has 1 aromatic carbocycles. The fourth-order valence-electron chi connectivity index (χ4n) is 3.53. The molecule has 0 radical (unpaired) electrons. The fourth-order valence-corrected chi connectivity index (χ4v) is 3.53. The van der Waals surface area contributed by atoms with Crippen LogP contribution in [0.5, 0.6) is 5.75 Å². The van der Waals surface area contributed by atoms with E-state index in [4.69, 9.17) is 9.57 Å². The lowest BCUT2D eigenvalue weighted by molar-refractivity contribution is 0.0472. The molecule has 1 aliphatic rings. The number of ether oxygens (including phenoxy) is 1. The lowest BCUT2D eigenvalue weighted by atomic mass is 10.1. The Morgan fingerprint density at radius 2 is 2.00 bits per heavy atom. The summed E-state index contributed by atoms with van der Waals surface area (Å²) in [7, 11) is 0. The highest BCUT2D eigenvalue weighted by atomic mass is 16.7. The van der Waals surface area contributed by atoms with Crippen LogP contribution in [0.4, 0.5) is 0 Å². The molecular formula is C24H21N5O3. The van der Waals surface area contributed by atoms with E-state index in [9.17, 15) is 4.79 Å². The molecule has 8 nitrogen and oxygen atoms in total. The summed E-state index contributed by atoms with van der Waals surface area (Å²) in [6.45, 7) is 0.671. The van der Waals surface area contributed by atoms with Crippen LogP contribution in [0, 0.1) is 0 Å². The minimum atomic E-state index is -0.207. The Hall–Kier alpha value is -4.20. The van der Waals surface area contributed by atoms with Crippen molar-refractivity contribution in [1.82, 2.24) is 19.7 Å². The zero-order valence-corrected chi connectivity index (χ0v) is 17.2. The number of pyridine rings is 2. The molecule has 1 amide bonds. The number of benzene rings is 1. The van der Waals surface area contributed by atoms with Crippen molar-refractivity contribution in [2.45, 2.75) is 12.5 Å². The van der Waals surface area contributed by atoms with Crippen molar-refractivity contribution < 1.29 is 14.4 Å². The zero-order chi connectivity index (χ0) is 21.8. The second-order valence-corrected chi connectivity index (χ2v) is 7.40. The standard InChI is InChI=1S/C24H21N5O3/c30-24(17-8-9-23-26-11-12-29(23)15-17)27-14-18-13-19(32-28-18)16-31-22-7-2-1-5-20(22)21-6-3-4-10-25-21/h1-12,15,19H,13-14,16H2,(H,27,30). The normalized spacial score (nSPS) is 15.2. The van der Waals surface area contributed by atoms with Gasteiger partial charge in [-0.1, -0.05) is 23.4 Å². The number of rotatable bonds is 7. The number of nitrogens with zero attached hydrogens (tertiary/aromatic N) is 4. The third-order valence-corrected chi connectivity index (χ3v) is 5.15. The third kappa shape index (κ3) is 4.29. The second kappa shape index (κ2) is 8.89. The summed E-state index contributed by atoms with van der Waals surface area (Å²) in [5.41, 5.74) is 3.90. The van der Waals surface area contributed by atoms with Crippen LogP contribution in [0.3, 0.4) is 0 Å². The van der Waals surface area contributed by atoms with Crippen molar-refractivity contribution in [2.75, 3.05) is 13.2 Å². The van der Waals surface area contributed by atoms with Crippen molar-refractivity contribution >= 4 is 17.3 Å². The summed E-state index contributed by atoms with van der Waals surface area (Å²) in [5, 5.41) is 7.00. The first-order chi connectivity index (χ1) is 15.8. The van der Waals surface area contributed by atoms with E-state index in [1.54, 1.807) is 41.3 Å². The van der Waals surface area contributed by atoms with Gasteiger partial charge in [0.05, 0.1) is 23.5 Å². The number of fused-ring (bicyclic) bond motifs is 1. The van der Waals surface area contributed by atoms with Gasteiger partial charge in [-0.2, -0.15) is 0 Å². The Bertz CT molecular complexity index is 1270. The maximum atomic E-state index is 12.5. The largest absolute Gasteiger partial charge is 0.489 e. The Balaban J connectivity index is 1.13. The Labute approximate surface area is 184 Å². The van der Waals surface area contributed by atoms with Gasteiger partial charge in [-0.15, -0.1) is 0 Å². The van der Waals surface area contributed by atoms with Crippen LogP contribution >= 0.6 is 0 Å². The smallest absolute Gasteiger partial charge is 0.253 e. The van der Waals surface area contributed by atoms with Crippen molar-refractivity contribution in [1.29, 1.82) is 0 Å². The molecule has 3 aromatic heterocycles. The van der Waals surface area contributed by atoms with Crippen LogP contribution in [0.1, 0.15) is 16.8 Å². The lowest BCUT2D eigenvalue weighted by Gasteiger charge is -2.13. The first-order valence-electron chi connectivity index (χ1n) is 10.3. The number of oxime groups is 1. The topological polar surface area (TPSA) is 90.1 Å². The van der Waals surface area contributed by atoms with E-state index in [0.717, 1.165) is 28.4 Å². The van der Waals surface area contributed by atoms with Gasteiger partial charge in [0, 0.05) is 36.8 Å². The van der Waals surface area contributed by atoms with Crippen LogP contribution in [0.15, 0.2) is 84.5 Å². The molecule has 4 heterocycles. The molecule has 0 fully saturated rings. The number of hydrogen-bond donors (Lipinski definition) is 1. The van der Waals surface area contributed by atoms with Crippen molar-refractivity contribution in [3.05, 3.63) is 84.9 Å². The molecule has 32 heavy (non-hydrogen) atoms. The predicted molar refractivity (Wildman–Crippen MR) is 120 cm³/mol. The molecule has 8 heteroatoms. The number of carbonyl (C=O) groups excluding carboxylic acids is 1. The lowest BCUT2D eigenvalue weighted by Crippen LogP contribution is -2.30. The van der Waals surface area contributed by atoms with Gasteiger partial charge >= 0.3 is 0 Å². The Morgan fingerprint density at radius 3 is 2.91 bits per heavy atom. The molecule has 1 aliphatic heterocycles. The molecule has 160 valence electrons. The molecule has 4 aromatic rings. The van der Waals surface area contributed by atoms with Crippen molar-refractivity contribution in [2.24, 2.45) is 5.16 Å². The molecule has 1 atom stereocenters. The zero-order valence-electron chi connectivity index (χ0n) is 17.2. The minimum absolute atomic E-state index is 0.174. The average Bonchev–Trinajstić information content (AvgIpc) is 3.51. The number of imidazole rings is 1. The summed E-state index contributed by atoms with van der Waals surface area (Å²) in [4.78, 5) is 26.5. The number of para-hydroxylation sites is 1. The van der Waals surface area contributed by atoms with E-state index < -0.39 is 0 Å². The molecule has 0 saturated heterocycles. The fraction of sp³-hybridized carbons (Fsp3) is 0.167. The molecular weight excluding hydrogens is 406 g/mol. The van der Waals surface area contributed by atoms with Crippen LogP contribution in [0.25, 0.3) is 16.9 Å². The van der Waals surface area contributed by atoms with Gasteiger partial charge in [0.2, 0.25) is 0 Å². The molecule has 1 unspecified atom stereocenters. The van der Waals surface area contributed by atoms with Gasteiger partial charge in [0.15, 0.2) is 6.10 Å². The molecule has 0 saturated carbocycles. The average molecular weight is 427 g/mol. The molecule has 1 N–H and O–H groups in total. The second-order valence-electron chi connectivity index (χ2n) is 7.40. The summed E-state index contributed by atoms with van der Waals surface area (Å²) in [6.07, 6.45) is 7.39. The van der Waals surface area contributed by atoms with Gasteiger partial charge in [-0.25, -0.2) is 4.98 Å². The molecule has 0 spiro atoms. The number of amides is 1. The number of hydrogen-bond acceptors (Lipinski definition) is 6.